The van der Waals surface area contributed by atoms with Crippen molar-refractivity contribution in [1.29, 1.82) is 0 Å². The van der Waals surface area contributed by atoms with Gasteiger partial charge in [0.15, 0.2) is 0 Å². The Bertz CT molecular complexity index is 591. The van der Waals surface area contributed by atoms with E-state index in [1.54, 1.807) is 12.1 Å². The molecule has 0 saturated carbocycles. The first-order valence-corrected chi connectivity index (χ1v) is 7.17. The highest BCUT2D eigenvalue weighted by Crippen LogP contribution is 2.22. The molecule has 1 aromatic carbocycles. The number of benzene rings is 1. The second kappa shape index (κ2) is 5.87. The maximum atomic E-state index is 12.8. The van der Waals surface area contributed by atoms with Gasteiger partial charge < -0.3 is 5.32 Å². The molecule has 0 atom stereocenters. The van der Waals surface area contributed by atoms with E-state index in [9.17, 15) is 4.39 Å². The Balaban J connectivity index is 2.13. The van der Waals surface area contributed by atoms with E-state index in [2.05, 4.69) is 52.0 Å². The molecule has 106 valence electrons. The average molecular weight is 338 g/mol. The lowest BCUT2D eigenvalue weighted by atomic mass is 9.96. The molecule has 2 rings (SSSR count). The van der Waals surface area contributed by atoms with Crippen LogP contribution in [0.2, 0.25) is 0 Å². The molecule has 1 N–H and O–H groups in total. The highest BCUT2D eigenvalue weighted by atomic mass is 79.9. The Morgan fingerprint density at radius 1 is 1.15 bits per heavy atom. The molecule has 0 radical (unpaired) electrons. The van der Waals surface area contributed by atoms with Gasteiger partial charge in [-0.25, -0.2) is 14.4 Å². The van der Waals surface area contributed by atoms with Crippen LogP contribution in [0, 0.1) is 5.82 Å². The normalized spacial score (nSPS) is 11.4. The van der Waals surface area contributed by atoms with Crippen molar-refractivity contribution >= 4 is 21.7 Å². The molecule has 0 aliphatic carbocycles. The number of rotatable bonds is 3. The first-order valence-electron chi connectivity index (χ1n) is 6.38. The van der Waals surface area contributed by atoms with Gasteiger partial charge in [0.05, 0.1) is 0 Å². The van der Waals surface area contributed by atoms with E-state index < -0.39 is 0 Å². The maximum absolute atomic E-state index is 12.8. The Hall–Kier alpha value is -1.49. The first kappa shape index (κ1) is 14.9. The summed E-state index contributed by atoms with van der Waals surface area (Å²) in [5.74, 6) is 1.29. The van der Waals surface area contributed by atoms with Gasteiger partial charge in [-0.1, -0.05) is 32.9 Å². The Morgan fingerprint density at radius 3 is 2.40 bits per heavy atom. The molecule has 5 heteroatoms. The minimum atomic E-state index is -0.228. The quantitative estimate of drug-likeness (QED) is 0.849. The summed E-state index contributed by atoms with van der Waals surface area (Å²) in [4.78, 5) is 8.90. The Morgan fingerprint density at radius 2 is 1.80 bits per heavy atom. The summed E-state index contributed by atoms with van der Waals surface area (Å²) < 4.78 is 13.6. The third kappa shape index (κ3) is 4.00. The molecule has 0 aliphatic heterocycles. The summed E-state index contributed by atoms with van der Waals surface area (Å²) in [7, 11) is 0. The topological polar surface area (TPSA) is 37.8 Å². The summed E-state index contributed by atoms with van der Waals surface area (Å²) in [6, 6.07) is 8.24. The molecule has 0 aliphatic rings. The molecule has 0 spiro atoms. The van der Waals surface area contributed by atoms with Crippen LogP contribution in [0.15, 0.2) is 34.9 Å². The van der Waals surface area contributed by atoms with Gasteiger partial charge in [-0.3, -0.25) is 0 Å². The van der Waals surface area contributed by atoms with Gasteiger partial charge in [-0.05, 0) is 33.6 Å². The van der Waals surface area contributed by atoms with Crippen molar-refractivity contribution < 1.29 is 4.39 Å². The van der Waals surface area contributed by atoms with Gasteiger partial charge in [0.2, 0.25) is 0 Å². The van der Waals surface area contributed by atoms with Crippen LogP contribution in [0.25, 0.3) is 0 Å². The number of anilines is 1. The zero-order valence-corrected chi connectivity index (χ0v) is 13.3. The molecule has 20 heavy (non-hydrogen) atoms. The maximum Gasteiger partial charge on any atom is 0.137 e. The van der Waals surface area contributed by atoms with Crippen LogP contribution in [0.1, 0.15) is 32.2 Å². The fraction of sp³-hybridized carbons (Fsp3) is 0.333. The minimum absolute atomic E-state index is 0.115. The lowest BCUT2D eigenvalue weighted by Crippen LogP contribution is -2.17. The SMILES string of the molecule is CC(C)(C)c1nc(Br)cc(NCc2ccc(F)cc2)n1. The summed E-state index contributed by atoms with van der Waals surface area (Å²) in [5, 5.41) is 3.23. The first-order chi connectivity index (χ1) is 9.34. The van der Waals surface area contributed by atoms with Crippen molar-refractivity contribution in [1.82, 2.24) is 9.97 Å². The van der Waals surface area contributed by atoms with Crippen molar-refractivity contribution in [3.8, 4) is 0 Å². The molecule has 3 nitrogen and oxygen atoms in total. The van der Waals surface area contributed by atoms with Crippen molar-refractivity contribution in [2.45, 2.75) is 32.7 Å². The third-order valence-corrected chi connectivity index (χ3v) is 3.16. The predicted molar refractivity (Wildman–Crippen MR) is 82.2 cm³/mol. The van der Waals surface area contributed by atoms with Gasteiger partial charge in [0.1, 0.15) is 22.1 Å². The van der Waals surface area contributed by atoms with E-state index in [0.717, 1.165) is 21.8 Å². The summed E-state index contributed by atoms with van der Waals surface area (Å²) in [6.07, 6.45) is 0. The minimum Gasteiger partial charge on any atom is -0.366 e. The highest BCUT2D eigenvalue weighted by molar-refractivity contribution is 9.10. The molecule has 2 aromatic rings. The fourth-order valence-corrected chi connectivity index (χ4v) is 2.02. The molecular formula is C15H17BrFN3. The van der Waals surface area contributed by atoms with Crippen molar-refractivity contribution in [3.05, 3.63) is 52.1 Å². The number of aromatic nitrogens is 2. The summed E-state index contributed by atoms with van der Waals surface area (Å²) >= 11 is 3.40. The van der Waals surface area contributed by atoms with Gasteiger partial charge in [-0.15, -0.1) is 0 Å². The Labute approximate surface area is 126 Å². The molecule has 1 heterocycles. The standard InChI is InChI=1S/C15H17BrFN3/c1-15(2,3)14-19-12(16)8-13(20-14)18-9-10-4-6-11(17)7-5-10/h4-8H,9H2,1-3H3,(H,18,19,20). The van der Waals surface area contributed by atoms with E-state index in [-0.39, 0.29) is 11.2 Å². The molecule has 0 fully saturated rings. The number of halogens is 2. The van der Waals surface area contributed by atoms with Gasteiger partial charge >= 0.3 is 0 Å². The number of hydrogen-bond donors (Lipinski definition) is 1. The largest absolute Gasteiger partial charge is 0.366 e. The van der Waals surface area contributed by atoms with E-state index in [0.29, 0.717) is 6.54 Å². The van der Waals surface area contributed by atoms with Gasteiger partial charge in [0.25, 0.3) is 0 Å². The lowest BCUT2D eigenvalue weighted by molar-refractivity contribution is 0.544. The van der Waals surface area contributed by atoms with Crippen LogP contribution in [0.4, 0.5) is 10.2 Å². The van der Waals surface area contributed by atoms with E-state index in [1.807, 2.05) is 6.07 Å². The van der Waals surface area contributed by atoms with Crippen molar-refractivity contribution in [2.24, 2.45) is 0 Å². The zero-order valence-electron chi connectivity index (χ0n) is 11.7. The number of nitrogens with one attached hydrogen (secondary N) is 1. The van der Waals surface area contributed by atoms with Gasteiger partial charge in [0, 0.05) is 18.0 Å². The van der Waals surface area contributed by atoms with E-state index in [1.165, 1.54) is 12.1 Å². The monoisotopic (exact) mass is 337 g/mol. The van der Waals surface area contributed by atoms with Crippen LogP contribution in [0.5, 0.6) is 0 Å². The third-order valence-electron chi connectivity index (χ3n) is 2.75. The fourth-order valence-electron chi connectivity index (χ4n) is 1.64. The number of hydrogen-bond acceptors (Lipinski definition) is 3. The lowest BCUT2D eigenvalue weighted by Gasteiger charge is -2.18. The highest BCUT2D eigenvalue weighted by Gasteiger charge is 2.18. The van der Waals surface area contributed by atoms with Crippen LogP contribution >= 0.6 is 15.9 Å². The summed E-state index contributed by atoms with van der Waals surface area (Å²) in [6.45, 7) is 6.79. The Kier molecular flexibility index (Phi) is 4.38. The molecular weight excluding hydrogens is 321 g/mol. The van der Waals surface area contributed by atoms with Crippen molar-refractivity contribution in [2.75, 3.05) is 5.32 Å². The zero-order chi connectivity index (χ0) is 14.8. The summed E-state index contributed by atoms with van der Waals surface area (Å²) in [5.41, 5.74) is 0.884. The molecule has 0 saturated heterocycles. The smallest absolute Gasteiger partial charge is 0.137 e. The van der Waals surface area contributed by atoms with Gasteiger partial charge in [-0.2, -0.15) is 0 Å². The number of nitrogens with zero attached hydrogens (tertiary/aromatic N) is 2. The van der Waals surface area contributed by atoms with Crippen LogP contribution in [-0.2, 0) is 12.0 Å². The second-order valence-electron chi connectivity index (χ2n) is 5.63. The van der Waals surface area contributed by atoms with Crippen LogP contribution < -0.4 is 5.32 Å². The predicted octanol–water partition coefficient (Wildman–Crippen LogP) is 4.29. The van der Waals surface area contributed by atoms with E-state index >= 15 is 0 Å². The van der Waals surface area contributed by atoms with E-state index in [4.69, 9.17) is 0 Å². The second-order valence-corrected chi connectivity index (χ2v) is 6.44. The van der Waals surface area contributed by atoms with Crippen LogP contribution in [0.3, 0.4) is 0 Å². The average Bonchev–Trinajstić information content (AvgIpc) is 2.36. The van der Waals surface area contributed by atoms with Crippen molar-refractivity contribution in [3.63, 3.8) is 0 Å². The molecule has 0 bridgehead atoms. The molecule has 1 aromatic heterocycles. The molecule has 0 unspecified atom stereocenters. The van der Waals surface area contributed by atoms with Crippen LogP contribution in [-0.4, -0.2) is 9.97 Å². The molecule has 0 amide bonds.